The third-order valence-electron chi connectivity index (χ3n) is 4.52. The molecule has 0 saturated heterocycles. The second kappa shape index (κ2) is 7.32. The van der Waals surface area contributed by atoms with E-state index in [1.807, 2.05) is 54.6 Å². The molecule has 23 heavy (non-hydrogen) atoms. The molecule has 120 valence electrons. The molecular formula is C20H23NO2. The molecule has 2 atom stereocenters. The van der Waals surface area contributed by atoms with Crippen LogP contribution in [0, 0.1) is 5.92 Å². The second-order valence-corrected chi connectivity index (χ2v) is 6.28. The predicted octanol–water partition coefficient (Wildman–Crippen LogP) is 4.79. The van der Waals surface area contributed by atoms with Gasteiger partial charge in [0.2, 0.25) is 0 Å². The minimum Gasteiger partial charge on any atom is -0.457 e. The highest BCUT2D eigenvalue weighted by Crippen LogP contribution is 2.25. The summed E-state index contributed by atoms with van der Waals surface area (Å²) >= 11 is 0. The molecule has 1 fully saturated rings. The molecule has 1 N–H and O–H groups in total. The van der Waals surface area contributed by atoms with Crippen LogP contribution in [0.5, 0.6) is 11.5 Å². The first-order chi connectivity index (χ1) is 11.2. The standard InChI is InChI=1S/C20H23NO2/c1-15-7-5-6-10-19(15)21-20(22)16-11-13-18(14-12-16)23-17-8-3-2-4-9-17/h2-4,8-9,11-15,19H,5-7,10H2,1H3,(H,21,22)/t15-,19+/m1/s1. The Labute approximate surface area is 137 Å². The fourth-order valence-corrected chi connectivity index (χ4v) is 3.08. The van der Waals surface area contributed by atoms with Gasteiger partial charge in [-0.25, -0.2) is 0 Å². The Hall–Kier alpha value is -2.29. The first-order valence-electron chi connectivity index (χ1n) is 8.36. The minimum atomic E-state index is 0.00927. The number of benzene rings is 2. The lowest BCUT2D eigenvalue weighted by molar-refractivity contribution is 0.0910. The summed E-state index contributed by atoms with van der Waals surface area (Å²) in [5.74, 6) is 2.10. The van der Waals surface area contributed by atoms with Crippen LogP contribution >= 0.6 is 0 Å². The molecule has 1 amide bonds. The van der Waals surface area contributed by atoms with Gasteiger partial charge in [0.1, 0.15) is 11.5 Å². The smallest absolute Gasteiger partial charge is 0.251 e. The Morgan fingerprint density at radius 3 is 2.30 bits per heavy atom. The van der Waals surface area contributed by atoms with E-state index in [2.05, 4.69) is 12.2 Å². The fraction of sp³-hybridized carbons (Fsp3) is 0.350. The Kier molecular flexibility index (Phi) is 4.96. The molecule has 0 aromatic heterocycles. The van der Waals surface area contributed by atoms with Gasteiger partial charge < -0.3 is 10.1 Å². The van der Waals surface area contributed by atoms with Crippen molar-refractivity contribution < 1.29 is 9.53 Å². The maximum absolute atomic E-state index is 12.4. The number of nitrogens with one attached hydrogen (secondary N) is 1. The van der Waals surface area contributed by atoms with Crippen molar-refractivity contribution in [2.24, 2.45) is 5.92 Å². The fourth-order valence-electron chi connectivity index (χ4n) is 3.08. The largest absolute Gasteiger partial charge is 0.457 e. The van der Waals surface area contributed by atoms with Gasteiger partial charge in [0, 0.05) is 11.6 Å². The Bertz CT molecular complexity index is 636. The van der Waals surface area contributed by atoms with E-state index < -0.39 is 0 Å². The number of hydrogen-bond donors (Lipinski definition) is 1. The minimum absolute atomic E-state index is 0.00927. The predicted molar refractivity (Wildman–Crippen MR) is 91.8 cm³/mol. The molecule has 0 spiro atoms. The lowest BCUT2D eigenvalue weighted by Crippen LogP contribution is -2.41. The monoisotopic (exact) mass is 309 g/mol. The summed E-state index contributed by atoms with van der Waals surface area (Å²) in [5.41, 5.74) is 0.684. The van der Waals surface area contributed by atoms with Crippen LogP contribution in [0.3, 0.4) is 0 Å². The Morgan fingerprint density at radius 2 is 1.61 bits per heavy atom. The van der Waals surface area contributed by atoms with Crippen molar-refractivity contribution in [1.82, 2.24) is 5.32 Å². The molecule has 0 heterocycles. The van der Waals surface area contributed by atoms with E-state index >= 15 is 0 Å². The summed E-state index contributed by atoms with van der Waals surface area (Å²) in [7, 11) is 0. The zero-order valence-electron chi connectivity index (χ0n) is 13.5. The van der Waals surface area contributed by atoms with Gasteiger partial charge in [0.05, 0.1) is 0 Å². The van der Waals surface area contributed by atoms with Gasteiger partial charge in [-0.15, -0.1) is 0 Å². The number of ether oxygens (including phenoxy) is 1. The van der Waals surface area contributed by atoms with Crippen molar-refractivity contribution in [2.45, 2.75) is 38.6 Å². The molecule has 3 heteroatoms. The van der Waals surface area contributed by atoms with Crippen LogP contribution < -0.4 is 10.1 Å². The van der Waals surface area contributed by atoms with E-state index in [9.17, 15) is 4.79 Å². The van der Waals surface area contributed by atoms with Crippen LogP contribution in [-0.2, 0) is 0 Å². The summed E-state index contributed by atoms with van der Waals surface area (Å²) in [6, 6.07) is 17.3. The highest BCUT2D eigenvalue weighted by Gasteiger charge is 2.23. The van der Waals surface area contributed by atoms with Crippen molar-refractivity contribution in [1.29, 1.82) is 0 Å². The third kappa shape index (κ3) is 4.13. The van der Waals surface area contributed by atoms with E-state index in [0.717, 1.165) is 17.9 Å². The van der Waals surface area contributed by atoms with E-state index in [-0.39, 0.29) is 5.91 Å². The van der Waals surface area contributed by atoms with Crippen molar-refractivity contribution in [2.75, 3.05) is 0 Å². The molecule has 0 unspecified atom stereocenters. The van der Waals surface area contributed by atoms with Crippen molar-refractivity contribution in [3.8, 4) is 11.5 Å². The molecule has 3 rings (SSSR count). The first kappa shape index (κ1) is 15.6. The summed E-state index contributed by atoms with van der Waals surface area (Å²) in [5, 5.41) is 3.17. The molecule has 0 bridgehead atoms. The quantitative estimate of drug-likeness (QED) is 0.882. The summed E-state index contributed by atoms with van der Waals surface area (Å²) in [6.07, 6.45) is 4.77. The van der Waals surface area contributed by atoms with Gasteiger partial charge in [-0.05, 0) is 55.2 Å². The molecular weight excluding hydrogens is 286 g/mol. The number of para-hydroxylation sites is 1. The van der Waals surface area contributed by atoms with Crippen LogP contribution in [0.4, 0.5) is 0 Å². The average molecular weight is 309 g/mol. The van der Waals surface area contributed by atoms with E-state index in [4.69, 9.17) is 4.74 Å². The zero-order chi connectivity index (χ0) is 16.1. The lowest BCUT2D eigenvalue weighted by Gasteiger charge is -2.29. The topological polar surface area (TPSA) is 38.3 Å². The van der Waals surface area contributed by atoms with Crippen LogP contribution in [0.1, 0.15) is 43.0 Å². The van der Waals surface area contributed by atoms with Crippen molar-refractivity contribution in [3.05, 3.63) is 60.2 Å². The van der Waals surface area contributed by atoms with Gasteiger partial charge in [0.25, 0.3) is 5.91 Å². The van der Waals surface area contributed by atoms with Crippen LogP contribution in [0.15, 0.2) is 54.6 Å². The molecule has 1 aliphatic rings. The van der Waals surface area contributed by atoms with E-state index in [1.165, 1.54) is 19.3 Å². The van der Waals surface area contributed by atoms with Crippen LogP contribution in [0.25, 0.3) is 0 Å². The van der Waals surface area contributed by atoms with Crippen molar-refractivity contribution >= 4 is 5.91 Å². The maximum atomic E-state index is 12.4. The number of carbonyl (C=O) groups is 1. The maximum Gasteiger partial charge on any atom is 0.251 e. The molecule has 1 saturated carbocycles. The summed E-state index contributed by atoms with van der Waals surface area (Å²) in [4.78, 5) is 12.4. The van der Waals surface area contributed by atoms with E-state index in [1.54, 1.807) is 0 Å². The zero-order valence-corrected chi connectivity index (χ0v) is 13.5. The van der Waals surface area contributed by atoms with Crippen molar-refractivity contribution in [3.63, 3.8) is 0 Å². The van der Waals surface area contributed by atoms with Gasteiger partial charge in [-0.3, -0.25) is 4.79 Å². The highest BCUT2D eigenvalue weighted by molar-refractivity contribution is 5.94. The number of hydrogen-bond acceptors (Lipinski definition) is 2. The third-order valence-corrected chi connectivity index (χ3v) is 4.52. The normalized spacial score (nSPS) is 20.7. The van der Waals surface area contributed by atoms with Crippen LogP contribution in [-0.4, -0.2) is 11.9 Å². The Balaban J connectivity index is 1.61. The van der Waals surface area contributed by atoms with Gasteiger partial charge in [-0.2, -0.15) is 0 Å². The SMILES string of the molecule is C[C@@H]1CCCC[C@@H]1NC(=O)c1ccc(Oc2ccccc2)cc1. The molecule has 3 nitrogen and oxygen atoms in total. The number of amides is 1. The number of carbonyl (C=O) groups excluding carboxylic acids is 1. The van der Waals surface area contributed by atoms with Gasteiger partial charge in [0.15, 0.2) is 0 Å². The lowest BCUT2D eigenvalue weighted by atomic mass is 9.86. The number of rotatable bonds is 4. The van der Waals surface area contributed by atoms with Gasteiger partial charge >= 0.3 is 0 Å². The summed E-state index contributed by atoms with van der Waals surface area (Å²) < 4.78 is 5.75. The molecule has 2 aromatic carbocycles. The molecule has 0 aliphatic heterocycles. The highest BCUT2D eigenvalue weighted by atomic mass is 16.5. The van der Waals surface area contributed by atoms with Crippen LogP contribution in [0.2, 0.25) is 0 Å². The molecule has 2 aromatic rings. The average Bonchev–Trinajstić information content (AvgIpc) is 2.58. The van der Waals surface area contributed by atoms with E-state index in [0.29, 0.717) is 17.5 Å². The molecule has 1 aliphatic carbocycles. The molecule has 0 radical (unpaired) electrons. The Morgan fingerprint density at radius 1 is 0.957 bits per heavy atom. The second-order valence-electron chi connectivity index (χ2n) is 6.28. The van der Waals surface area contributed by atoms with Gasteiger partial charge in [-0.1, -0.05) is 38.0 Å². The first-order valence-corrected chi connectivity index (χ1v) is 8.36. The summed E-state index contributed by atoms with van der Waals surface area (Å²) in [6.45, 7) is 2.22.